The highest BCUT2D eigenvalue weighted by molar-refractivity contribution is 6.30. The number of benzene rings is 1. The zero-order valence-electron chi connectivity index (χ0n) is 14.5. The Morgan fingerprint density at radius 3 is 2.25 bits per heavy atom. The van der Waals surface area contributed by atoms with E-state index >= 15 is 0 Å². The predicted molar refractivity (Wildman–Crippen MR) is 95.1 cm³/mol. The number of allylic oxidation sites excluding steroid dienone is 2. The molecule has 0 unspecified atom stereocenters. The van der Waals surface area contributed by atoms with Crippen LogP contribution in [0.25, 0.3) is 0 Å². The molecule has 0 aromatic heterocycles. The zero-order valence-corrected chi connectivity index (χ0v) is 15.2. The monoisotopic (exact) mass is 342 g/mol. The van der Waals surface area contributed by atoms with Crippen molar-refractivity contribution >= 4 is 23.2 Å². The summed E-state index contributed by atoms with van der Waals surface area (Å²) in [6, 6.07) is 7.56. The molecule has 0 heterocycles. The molecule has 3 saturated carbocycles. The Kier molecular flexibility index (Phi) is 3.23. The molecule has 0 aliphatic heterocycles. The molecule has 3 heteroatoms. The van der Waals surface area contributed by atoms with Crippen molar-refractivity contribution in [3.63, 3.8) is 0 Å². The van der Waals surface area contributed by atoms with E-state index in [1.54, 1.807) is 6.08 Å². The van der Waals surface area contributed by atoms with E-state index in [1.807, 2.05) is 24.3 Å². The number of carbonyl (C=O) groups excluding carboxylic acids is 2. The van der Waals surface area contributed by atoms with Gasteiger partial charge in [-0.3, -0.25) is 9.59 Å². The van der Waals surface area contributed by atoms with Gasteiger partial charge in [0.15, 0.2) is 11.6 Å². The van der Waals surface area contributed by atoms with Crippen LogP contribution in [-0.4, -0.2) is 11.6 Å². The SMILES string of the molecule is CC1(C)[C@H]2CC[C@]1(C)C(=O)C2=CC(=O)C1(c2ccc(Cl)cc2)CC1. The van der Waals surface area contributed by atoms with Crippen LogP contribution >= 0.6 is 11.6 Å². The third-order valence-electron chi connectivity index (χ3n) is 7.27. The molecular weight excluding hydrogens is 320 g/mol. The number of rotatable bonds is 3. The summed E-state index contributed by atoms with van der Waals surface area (Å²) >= 11 is 5.97. The summed E-state index contributed by atoms with van der Waals surface area (Å²) in [4.78, 5) is 26.0. The number of hydrogen-bond acceptors (Lipinski definition) is 2. The molecular formula is C21H23ClO2. The molecule has 0 spiro atoms. The molecule has 3 fully saturated rings. The Morgan fingerprint density at radius 1 is 1.12 bits per heavy atom. The summed E-state index contributed by atoms with van der Waals surface area (Å²) in [7, 11) is 0. The fourth-order valence-electron chi connectivity index (χ4n) is 4.94. The van der Waals surface area contributed by atoms with Crippen LogP contribution < -0.4 is 0 Å². The van der Waals surface area contributed by atoms with Crippen LogP contribution in [0.2, 0.25) is 5.02 Å². The smallest absolute Gasteiger partial charge is 0.166 e. The highest BCUT2D eigenvalue weighted by atomic mass is 35.5. The minimum atomic E-state index is -0.426. The van der Waals surface area contributed by atoms with Crippen molar-refractivity contribution in [2.24, 2.45) is 16.7 Å². The van der Waals surface area contributed by atoms with Gasteiger partial charge in [-0.2, -0.15) is 0 Å². The van der Waals surface area contributed by atoms with Gasteiger partial charge in [0, 0.05) is 16.0 Å². The third-order valence-corrected chi connectivity index (χ3v) is 7.52. The van der Waals surface area contributed by atoms with E-state index < -0.39 is 5.41 Å². The van der Waals surface area contributed by atoms with Crippen LogP contribution in [0.15, 0.2) is 35.9 Å². The highest BCUT2D eigenvalue weighted by Gasteiger charge is 2.64. The van der Waals surface area contributed by atoms with Gasteiger partial charge in [0.1, 0.15) is 0 Å². The molecule has 1 aromatic carbocycles. The maximum Gasteiger partial charge on any atom is 0.166 e. The summed E-state index contributed by atoms with van der Waals surface area (Å²) in [6.45, 7) is 6.44. The third kappa shape index (κ3) is 1.89. The number of ketones is 2. The Morgan fingerprint density at radius 2 is 1.75 bits per heavy atom. The number of carbonyl (C=O) groups is 2. The first-order valence-corrected chi connectivity index (χ1v) is 9.17. The van der Waals surface area contributed by atoms with E-state index in [1.165, 1.54) is 0 Å². The van der Waals surface area contributed by atoms with Gasteiger partial charge in [0.05, 0.1) is 5.41 Å². The lowest BCUT2D eigenvalue weighted by molar-refractivity contribution is -0.126. The molecule has 2 atom stereocenters. The highest BCUT2D eigenvalue weighted by Crippen LogP contribution is 2.65. The topological polar surface area (TPSA) is 34.1 Å². The standard InChI is InChI=1S/C21H23ClO2/c1-19(2)16-8-9-20(19,3)18(24)15(16)12-17(23)21(10-11-21)13-4-6-14(22)7-5-13/h4-7,12,16H,8-11H2,1-3H3/t16-,20+/m0/s1. The molecule has 0 amide bonds. The Balaban J connectivity index is 1.69. The normalized spacial score (nSPS) is 33.9. The van der Waals surface area contributed by atoms with Crippen molar-refractivity contribution in [3.8, 4) is 0 Å². The second kappa shape index (κ2) is 4.82. The molecule has 2 nitrogen and oxygen atoms in total. The van der Waals surface area contributed by atoms with E-state index in [0.717, 1.165) is 36.8 Å². The largest absolute Gasteiger partial charge is 0.294 e. The zero-order chi connectivity index (χ0) is 17.3. The Hall–Kier alpha value is -1.41. The van der Waals surface area contributed by atoms with Crippen molar-refractivity contribution in [1.29, 1.82) is 0 Å². The molecule has 2 bridgehead atoms. The van der Waals surface area contributed by atoms with Crippen LogP contribution in [-0.2, 0) is 15.0 Å². The molecule has 4 rings (SSSR count). The average Bonchev–Trinajstić information content (AvgIpc) is 3.27. The van der Waals surface area contributed by atoms with Crippen molar-refractivity contribution in [1.82, 2.24) is 0 Å². The van der Waals surface area contributed by atoms with E-state index in [2.05, 4.69) is 20.8 Å². The fourth-order valence-corrected chi connectivity index (χ4v) is 5.07. The van der Waals surface area contributed by atoms with E-state index in [9.17, 15) is 9.59 Å². The van der Waals surface area contributed by atoms with Crippen LogP contribution in [0, 0.1) is 16.7 Å². The summed E-state index contributed by atoms with van der Waals surface area (Å²) in [5.74, 6) is 0.518. The summed E-state index contributed by atoms with van der Waals surface area (Å²) < 4.78 is 0. The van der Waals surface area contributed by atoms with Crippen molar-refractivity contribution < 1.29 is 9.59 Å². The average molecular weight is 343 g/mol. The lowest BCUT2D eigenvalue weighted by Gasteiger charge is -2.31. The van der Waals surface area contributed by atoms with Crippen LogP contribution in [0.5, 0.6) is 0 Å². The maximum absolute atomic E-state index is 13.0. The van der Waals surface area contributed by atoms with Gasteiger partial charge in [-0.1, -0.05) is 44.5 Å². The van der Waals surface area contributed by atoms with Crippen molar-refractivity contribution in [2.45, 2.75) is 51.9 Å². The second-order valence-corrected chi connectivity index (χ2v) is 8.96. The molecule has 0 radical (unpaired) electrons. The number of fused-ring (bicyclic) bond motifs is 2. The second-order valence-electron chi connectivity index (χ2n) is 8.53. The van der Waals surface area contributed by atoms with Gasteiger partial charge in [0.25, 0.3) is 0 Å². The number of Topliss-reactive ketones (excluding diaryl/α,β-unsaturated/α-hetero) is 1. The first kappa shape index (κ1) is 16.1. The lowest BCUT2D eigenvalue weighted by Crippen LogP contribution is -2.32. The molecule has 0 saturated heterocycles. The van der Waals surface area contributed by atoms with Gasteiger partial charge < -0.3 is 0 Å². The van der Waals surface area contributed by atoms with Crippen molar-refractivity contribution in [2.75, 3.05) is 0 Å². The van der Waals surface area contributed by atoms with E-state index in [4.69, 9.17) is 11.6 Å². The van der Waals surface area contributed by atoms with Crippen LogP contribution in [0.1, 0.15) is 52.0 Å². The molecule has 3 aliphatic carbocycles. The van der Waals surface area contributed by atoms with Gasteiger partial charge >= 0.3 is 0 Å². The summed E-state index contributed by atoms with van der Waals surface area (Å²) in [6.07, 6.45) is 5.37. The maximum atomic E-state index is 13.0. The minimum Gasteiger partial charge on any atom is -0.294 e. The minimum absolute atomic E-state index is 0.0484. The van der Waals surface area contributed by atoms with E-state index in [0.29, 0.717) is 5.02 Å². The summed E-state index contributed by atoms with van der Waals surface area (Å²) in [5, 5.41) is 0.679. The van der Waals surface area contributed by atoms with Gasteiger partial charge in [0.2, 0.25) is 0 Å². The quantitative estimate of drug-likeness (QED) is 0.733. The lowest BCUT2D eigenvalue weighted by atomic mass is 9.70. The number of hydrogen-bond donors (Lipinski definition) is 0. The van der Waals surface area contributed by atoms with E-state index in [-0.39, 0.29) is 28.3 Å². The molecule has 24 heavy (non-hydrogen) atoms. The molecule has 3 aliphatic rings. The predicted octanol–water partition coefficient (Wildman–Crippen LogP) is 4.89. The Bertz CT molecular complexity index is 768. The summed E-state index contributed by atoms with van der Waals surface area (Å²) in [5.41, 5.74) is 1.02. The first-order chi connectivity index (χ1) is 11.2. The molecule has 1 aromatic rings. The number of halogens is 1. The van der Waals surface area contributed by atoms with Crippen LogP contribution in [0.4, 0.5) is 0 Å². The van der Waals surface area contributed by atoms with Gasteiger partial charge in [-0.05, 0) is 60.8 Å². The van der Waals surface area contributed by atoms with Crippen molar-refractivity contribution in [3.05, 3.63) is 46.5 Å². The molecule has 126 valence electrons. The fraction of sp³-hybridized carbons (Fsp3) is 0.524. The molecule has 0 N–H and O–H groups in total. The van der Waals surface area contributed by atoms with Crippen LogP contribution in [0.3, 0.4) is 0 Å². The van der Waals surface area contributed by atoms with Gasteiger partial charge in [-0.15, -0.1) is 0 Å². The first-order valence-electron chi connectivity index (χ1n) is 8.79. The Labute approximate surface area is 148 Å². The van der Waals surface area contributed by atoms with Gasteiger partial charge in [-0.25, -0.2) is 0 Å².